The predicted octanol–water partition coefficient (Wildman–Crippen LogP) is 7.43. The van der Waals surface area contributed by atoms with Crippen LogP contribution in [0, 0.1) is 11.6 Å². The van der Waals surface area contributed by atoms with E-state index >= 15 is 8.78 Å². The van der Waals surface area contributed by atoms with Gasteiger partial charge in [-0.15, -0.1) is 0 Å². The van der Waals surface area contributed by atoms with Crippen LogP contribution in [0.15, 0.2) is 60.9 Å². The summed E-state index contributed by atoms with van der Waals surface area (Å²) in [6, 6.07) is 13.1. The summed E-state index contributed by atoms with van der Waals surface area (Å²) in [7, 11) is 0. The minimum atomic E-state index is -0.736. The molecule has 12 nitrogen and oxygen atoms in total. The van der Waals surface area contributed by atoms with Gasteiger partial charge in [0.25, 0.3) is 0 Å². The largest absolute Gasteiger partial charge is 0.494 e. The number of piperidine rings is 1. The normalized spacial score (nSPS) is 13.7. The Bertz CT molecular complexity index is 2050. The van der Waals surface area contributed by atoms with Crippen molar-refractivity contribution in [2.24, 2.45) is 0 Å². The van der Waals surface area contributed by atoms with Gasteiger partial charge in [0.1, 0.15) is 40.3 Å². The second-order valence-electron chi connectivity index (χ2n) is 13.3. The number of benzene rings is 2. The fourth-order valence-corrected chi connectivity index (χ4v) is 6.04. The number of ether oxygens (including phenoxy) is 2. The van der Waals surface area contributed by atoms with E-state index in [1.54, 1.807) is 36.4 Å². The number of hydrogen-bond acceptors (Lipinski definition) is 9. The smallest absolute Gasteiger partial charge is 0.410 e. The van der Waals surface area contributed by atoms with E-state index < -0.39 is 17.2 Å². The number of halogens is 2. The van der Waals surface area contributed by atoms with Crippen LogP contribution in [0.25, 0.3) is 22.4 Å². The third-order valence-electron chi connectivity index (χ3n) is 8.33. The van der Waals surface area contributed by atoms with Gasteiger partial charge >= 0.3 is 6.09 Å². The van der Waals surface area contributed by atoms with Crippen LogP contribution in [-0.4, -0.2) is 66.9 Å². The Morgan fingerprint density at radius 2 is 1.75 bits per heavy atom. The Hall–Kier alpha value is -5.66. The maximum Gasteiger partial charge on any atom is 0.410 e. The molecule has 1 saturated heterocycles. The van der Waals surface area contributed by atoms with E-state index in [1.807, 2.05) is 45.0 Å². The summed E-state index contributed by atoms with van der Waals surface area (Å²) in [6.07, 6.45) is 4.29. The van der Waals surface area contributed by atoms with Crippen LogP contribution < -0.4 is 15.4 Å². The zero-order valence-corrected chi connectivity index (χ0v) is 29.2. The molecule has 1 aliphatic heterocycles. The van der Waals surface area contributed by atoms with E-state index in [0.717, 1.165) is 5.56 Å². The van der Waals surface area contributed by atoms with Crippen molar-refractivity contribution in [2.75, 3.05) is 30.3 Å². The van der Waals surface area contributed by atoms with E-state index in [9.17, 15) is 9.59 Å². The molecule has 0 spiro atoms. The molecule has 3 aromatic heterocycles. The van der Waals surface area contributed by atoms with E-state index in [2.05, 4.69) is 15.6 Å². The highest BCUT2D eigenvalue weighted by Crippen LogP contribution is 2.36. The van der Waals surface area contributed by atoms with Crippen LogP contribution >= 0.6 is 0 Å². The number of pyridine rings is 1. The first-order valence-corrected chi connectivity index (χ1v) is 16.8. The zero-order valence-electron chi connectivity index (χ0n) is 29.2. The Balaban J connectivity index is 1.36. The molecule has 51 heavy (non-hydrogen) atoms. The molecular formula is C37H40F2N8O4. The Kier molecular flexibility index (Phi) is 10.1. The van der Waals surface area contributed by atoms with Gasteiger partial charge in [0.2, 0.25) is 5.91 Å². The number of carbonyl (C=O) groups is 2. The maximum absolute atomic E-state index is 15.1. The molecule has 0 radical (unpaired) electrons. The molecule has 2 aromatic carbocycles. The minimum absolute atomic E-state index is 0.0109. The zero-order chi connectivity index (χ0) is 36.3. The average molecular weight is 699 g/mol. The molecule has 266 valence electrons. The van der Waals surface area contributed by atoms with Crippen molar-refractivity contribution in [1.82, 2.24) is 29.6 Å². The molecule has 0 unspecified atom stereocenters. The molecule has 5 aromatic rings. The summed E-state index contributed by atoms with van der Waals surface area (Å²) in [5.74, 6) is -0.423. The van der Waals surface area contributed by atoms with Gasteiger partial charge < -0.3 is 25.0 Å². The first-order valence-electron chi connectivity index (χ1n) is 16.8. The van der Waals surface area contributed by atoms with Crippen LogP contribution in [0.4, 0.5) is 30.9 Å². The molecule has 0 bridgehead atoms. The number of anilines is 3. The molecule has 6 rings (SSSR count). The highest BCUT2D eigenvalue weighted by Gasteiger charge is 2.30. The summed E-state index contributed by atoms with van der Waals surface area (Å²) >= 11 is 0. The number of hydrogen-bond donors (Lipinski definition) is 2. The number of para-hydroxylation sites is 1. The van der Waals surface area contributed by atoms with Gasteiger partial charge in [-0.05, 0) is 58.6 Å². The lowest BCUT2D eigenvalue weighted by molar-refractivity contribution is -0.114. The fourth-order valence-electron chi connectivity index (χ4n) is 6.04. The molecule has 2 N–H and O–H groups in total. The van der Waals surface area contributed by atoms with Crippen molar-refractivity contribution in [3.8, 4) is 17.3 Å². The number of likely N-dealkylation sites (tertiary alicyclic amines) is 1. The maximum atomic E-state index is 15.1. The lowest BCUT2D eigenvalue weighted by Gasteiger charge is -2.34. The summed E-state index contributed by atoms with van der Waals surface area (Å²) in [5, 5.41) is 11.6. The van der Waals surface area contributed by atoms with Crippen molar-refractivity contribution >= 4 is 40.2 Å². The quantitative estimate of drug-likeness (QED) is 0.161. The summed E-state index contributed by atoms with van der Waals surface area (Å²) in [5.41, 5.74) is 1.79. The lowest BCUT2D eigenvalue weighted by atomic mass is 9.90. The Morgan fingerprint density at radius 1 is 1.02 bits per heavy atom. The lowest BCUT2D eigenvalue weighted by Crippen LogP contribution is -2.41. The van der Waals surface area contributed by atoms with Crippen molar-refractivity contribution in [3.05, 3.63) is 83.7 Å². The van der Waals surface area contributed by atoms with Gasteiger partial charge in [-0.25, -0.2) is 28.5 Å². The number of nitrogens with zero attached hydrogens (tertiary/aromatic N) is 6. The van der Waals surface area contributed by atoms with Gasteiger partial charge in [0.15, 0.2) is 5.82 Å². The molecule has 14 heteroatoms. The molecule has 4 heterocycles. The van der Waals surface area contributed by atoms with Gasteiger partial charge in [-0.2, -0.15) is 5.10 Å². The number of carbonyl (C=O) groups excluding carboxylic acids is 2. The minimum Gasteiger partial charge on any atom is -0.494 e. The molecule has 2 amide bonds. The van der Waals surface area contributed by atoms with Crippen LogP contribution in [0.5, 0.6) is 5.75 Å². The van der Waals surface area contributed by atoms with Crippen LogP contribution in [0.1, 0.15) is 64.5 Å². The standard InChI is InChI=1S/C37H40F2N8O4/c1-6-50-25-18-29(38)28(30(39)19-25)21-47-31-10-8-7-9-26(31)33(45-47)35-41-20-27(23-12-15-46(16-13-23)36(49)51-37(3,4)5)34(44-35)43-24-11-14-40-32(17-24)42-22(2)48/h7-11,14,17-20,23H,6,12-13,15-16,21H2,1-5H3,(H2,40,41,42,43,44,48). The van der Waals surface area contributed by atoms with E-state index in [4.69, 9.17) is 24.5 Å². The highest BCUT2D eigenvalue weighted by molar-refractivity contribution is 5.92. The van der Waals surface area contributed by atoms with Gasteiger partial charge in [-0.3, -0.25) is 9.48 Å². The predicted molar refractivity (Wildman–Crippen MR) is 189 cm³/mol. The summed E-state index contributed by atoms with van der Waals surface area (Å²) in [6.45, 7) is 9.77. The Morgan fingerprint density at radius 3 is 2.43 bits per heavy atom. The van der Waals surface area contributed by atoms with Gasteiger partial charge in [0.05, 0.1) is 18.7 Å². The van der Waals surface area contributed by atoms with Crippen molar-refractivity contribution in [1.29, 1.82) is 0 Å². The first-order chi connectivity index (χ1) is 24.4. The monoisotopic (exact) mass is 698 g/mol. The topological polar surface area (TPSA) is 136 Å². The molecule has 0 saturated carbocycles. The average Bonchev–Trinajstić information content (AvgIpc) is 3.44. The second kappa shape index (κ2) is 14.7. The van der Waals surface area contributed by atoms with E-state index in [0.29, 0.717) is 65.7 Å². The van der Waals surface area contributed by atoms with Crippen molar-refractivity contribution in [3.63, 3.8) is 0 Å². The molecule has 1 aliphatic rings. The Labute approximate surface area is 294 Å². The summed E-state index contributed by atoms with van der Waals surface area (Å²) < 4.78 is 42.7. The fraction of sp³-hybridized carbons (Fsp3) is 0.351. The summed E-state index contributed by atoms with van der Waals surface area (Å²) in [4.78, 5) is 40.1. The van der Waals surface area contributed by atoms with Gasteiger partial charge in [-0.1, -0.05) is 18.2 Å². The number of amides is 2. The number of aromatic nitrogens is 5. The number of rotatable bonds is 9. The van der Waals surface area contributed by atoms with Crippen molar-refractivity contribution in [2.45, 2.75) is 65.5 Å². The molecular weight excluding hydrogens is 658 g/mol. The van der Waals surface area contributed by atoms with Crippen LogP contribution in [0.3, 0.4) is 0 Å². The van der Waals surface area contributed by atoms with Crippen LogP contribution in [-0.2, 0) is 16.1 Å². The SMILES string of the molecule is CCOc1cc(F)c(Cn2nc(-c3ncc(C4CCN(C(=O)OC(C)(C)C)CC4)c(Nc4ccnc(NC(C)=O)c4)n3)c3ccccc32)c(F)c1. The molecule has 1 fully saturated rings. The molecule has 0 atom stereocenters. The van der Waals surface area contributed by atoms with E-state index in [1.165, 1.54) is 23.7 Å². The third kappa shape index (κ3) is 8.22. The van der Waals surface area contributed by atoms with E-state index in [-0.39, 0.29) is 42.4 Å². The second-order valence-corrected chi connectivity index (χ2v) is 13.3. The third-order valence-corrected chi connectivity index (χ3v) is 8.33. The van der Waals surface area contributed by atoms with Crippen molar-refractivity contribution < 1.29 is 27.8 Å². The number of nitrogens with one attached hydrogen (secondary N) is 2. The highest BCUT2D eigenvalue weighted by atomic mass is 19.1. The number of fused-ring (bicyclic) bond motifs is 1. The van der Waals surface area contributed by atoms with Crippen LogP contribution in [0.2, 0.25) is 0 Å². The van der Waals surface area contributed by atoms with Gasteiger partial charge in [0, 0.05) is 72.8 Å². The molecule has 0 aliphatic carbocycles. The first kappa shape index (κ1) is 35.2.